The maximum Gasteiger partial charge on any atom is 0.435 e. The van der Waals surface area contributed by atoms with Crippen LogP contribution in [0.2, 0.25) is 0 Å². The van der Waals surface area contributed by atoms with Crippen molar-refractivity contribution in [2.45, 2.75) is 12.3 Å². The smallest absolute Gasteiger partial charge is 0.387 e. The number of rotatable bonds is 4. The number of alkyl halides is 3. The van der Waals surface area contributed by atoms with E-state index in [9.17, 15) is 23.1 Å². The van der Waals surface area contributed by atoms with Gasteiger partial charge in [-0.05, 0) is 22.4 Å². The van der Waals surface area contributed by atoms with Crippen LogP contribution < -0.4 is 5.32 Å². The molecule has 9 heteroatoms. The third-order valence-corrected chi connectivity index (χ3v) is 3.43. The highest BCUT2D eigenvalue weighted by atomic mass is 32.1. The zero-order valence-electron chi connectivity index (χ0n) is 10.9. The molecular weight excluding hydrogens is 307 g/mol. The molecule has 2 aromatic heterocycles. The molecule has 0 fully saturated rings. The number of amides is 1. The van der Waals surface area contributed by atoms with E-state index in [-0.39, 0.29) is 6.54 Å². The van der Waals surface area contributed by atoms with E-state index in [2.05, 4.69) is 10.4 Å². The Bertz CT molecular complexity index is 622. The molecule has 0 aliphatic heterocycles. The van der Waals surface area contributed by atoms with Gasteiger partial charge >= 0.3 is 6.18 Å². The topological polar surface area (TPSA) is 67.2 Å². The average molecular weight is 319 g/mol. The maximum absolute atomic E-state index is 12.7. The predicted molar refractivity (Wildman–Crippen MR) is 69.8 cm³/mol. The fraction of sp³-hybridized carbons (Fsp3) is 0.333. The van der Waals surface area contributed by atoms with E-state index >= 15 is 0 Å². The van der Waals surface area contributed by atoms with Crippen molar-refractivity contribution >= 4 is 17.2 Å². The number of aromatic nitrogens is 2. The zero-order chi connectivity index (χ0) is 15.6. The van der Waals surface area contributed by atoms with Crippen LogP contribution in [0.15, 0.2) is 23.0 Å². The van der Waals surface area contributed by atoms with Crippen LogP contribution in [0.1, 0.15) is 27.7 Å². The van der Waals surface area contributed by atoms with Crippen molar-refractivity contribution in [3.05, 3.63) is 39.8 Å². The molecule has 1 unspecified atom stereocenters. The van der Waals surface area contributed by atoms with Gasteiger partial charge in [0.25, 0.3) is 5.91 Å². The Kier molecular flexibility index (Phi) is 4.33. The first-order valence-electron chi connectivity index (χ1n) is 5.88. The van der Waals surface area contributed by atoms with Crippen molar-refractivity contribution in [3.8, 4) is 0 Å². The summed E-state index contributed by atoms with van der Waals surface area (Å²) in [5.41, 5.74) is -1.21. The summed E-state index contributed by atoms with van der Waals surface area (Å²) in [5.74, 6) is -0.926. The van der Waals surface area contributed by atoms with E-state index in [1.165, 1.54) is 18.4 Å². The van der Waals surface area contributed by atoms with Crippen LogP contribution in [0.5, 0.6) is 0 Å². The van der Waals surface area contributed by atoms with Crippen molar-refractivity contribution in [1.82, 2.24) is 15.1 Å². The molecule has 0 aliphatic carbocycles. The summed E-state index contributed by atoms with van der Waals surface area (Å²) in [6.45, 7) is -0.179. The third-order valence-electron chi connectivity index (χ3n) is 2.73. The molecule has 0 aromatic carbocycles. The lowest BCUT2D eigenvalue weighted by molar-refractivity contribution is -0.141. The normalized spacial score (nSPS) is 13.2. The van der Waals surface area contributed by atoms with Crippen LogP contribution in [0, 0.1) is 0 Å². The molecule has 5 nitrogen and oxygen atoms in total. The molecule has 2 heterocycles. The highest BCUT2D eigenvalue weighted by Gasteiger charge is 2.38. The molecule has 114 valence electrons. The third kappa shape index (κ3) is 3.61. The molecule has 0 spiro atoms. The van der Waals surface area contributed by atoms with Gasteiger partial charge in [0.15, 0.2) is 5.69 Å². The van der Waals surface area contributed by atoms with Crippen LogP contribution >= 0.6 is 11.3 Å². The molecule has 0 bridgehead atoms. The van der Waals surface area contributed by atoms with Crippen molar-refractivity contribution in [1.29, 1.82) is 0 Å². The molecule has 2 N–H and O–H groups in total. The Morgan fingerprint density at radius 2 is 2.29 bits per heavy atom. The summed E-state index contributed by atoms with van der Waals surface area (Å²) in [4.78, 5) is 11.8. The van der Waals surface area contributed by atoms with E-state index in [0.717, 1.165) is 10.9 Å². The number of carbonyl (C=O) groups is 1. The van der Waals surface area contributed by atoms with Crippen molar-refractivity contribution in [2.24, 2.45) is 7.05 Å². The van der Waals surface area contributed by atoms with Gasteiger partial charge in [-0.1, -0.05) is 0 Å². The van der Waals surface area contributed by atoms with E-state index in [1.54, 1.807) is 16.8 Å². The Hall–Kier alpha value is -1.87. The lowest BCUT2D eigenvalue weighted by Gasteiger charge is -2.11. The number of nitrogens with one attached hydrogen (secondary N) is 1. The number of hydrogen-bond donors (Lipinski definition) is 2. The minimum Gasteiger partial charge on any atom is -0.387 e. The first-order chi connectivity index (χ1) is 9.79. The van der Waals surface area contributed by atoms with Crippen LogP contribution in [0.25, 0.3) is 0 Å². The number of aliphatic hydroxyl groups is 1. The van der Waals surface area contributed by atoms with Crippen LogP contribution in [-0.4, -0.2) is 27.3 Å². The van der Waals surface area contributed by atoms with E-state index < -0.39 is 29.4 Å². The van der Waals surface area contributed by atoms with Gasteiger partial charge in [-0.2, -0.15) is 29.6 Å². The summed E-state index contributed by atoms with van der Waals surface area (Å²) in [6, 6.07) is 1.67. The van der Waals surface area contributed by atoms with Gasteiger partial charge in [-0.15, -0.1) is 0 Å². The fourth-order valence-electron chi connectivity index (χ4n) is 1.73. The maximum atomic E-state index is 12.7. The first-order valence-corrected chi connectivity index (χ1v) is 6.82. The Balaban J connectivity index is 2.07. The van der Waals surface area contributed by atoms with Crippen LogP contribution in [0.3, 0.4) is 0 Å². The zero-order valence-corrected chi connectivity index (χ0v) is 11.7. The molecular formula is C12H12F3N3O2S. The quantitative estimate of drug-likeness (QED) is 0.905. The van der Waals surface area contributed by atoms with Crippen LogP contribution in [0.4, 0.5) is 13.2 Å². The monoisotopic (exact) mass is 319 g/mol. The summed E-state index contributed by atoms with van der Waals surface area (Å²) in [6.07, 6.45) is -4.68. The molecule has 0 radical (unpaired) electrons. The molecule has 0 aliphatic rings. The first kappa shape index (κ1) is 15.5. The van der Waals surface area contributed by atoms with Gasteiger partial charge in [-0.3, -0.25) is 9.48 Å². The highest BCUT2D eigenvalue weighted by molar-refractivity contribution is 7.07. The number of aliphatic hydroxyl groups excluding tert-OH is 1. The van der Waals surface area contributed by atoms with Crippen LogP contribution in [-0.2, 0) is 13.2 Å². The van der Waals surface area contributed by atoms with E-state index in [1.807, 2.05) is 0 Å². The van der Waals surface area contributed by atoms with Gasteiger partial charge in [0.1, 0.15) is 0 Å². The van der Waals surface area contributed by atoms with Gasteiger partial charge in [0, 0.05) is 19.8 Å². The number of halogens is 3. The minimum absolute atomic E-state index is 0.179. The number of aryl methyl sites for hydroxylation is 1. The van der Waals surface area contributed by atoms with Gasteiger partial charge in [0.05, 0.1) is 11.7 Å². The lowest BCUT2D eigenvalue weighted by Crippen LogP contribution is -2.29. The SMILES string of the molecule is Cn1cc(C(=O)NCC(O)c2ccsc2)c(C(F)(F)F)n1. The standard InChI is InChI=1S/C12H12F3N3O2S/c1-18-5-8(10(17-18)12(13,14)15)11(20)16-4-9(19)7-2-3-21-6-7/h2-3,5-6,9,19H,4H2,1H3,(H,16,20). The molecule has 21 heavy (non-hydrogen) atoms. The van der Waals surface area contributed by atoms with E-state index in [4.69, 9.17) is 0 Å². The lowest BCUT2D eigenvalue weighted by atomic mass is 10.2. The molecule has 2 aromatic rings. The number of carbonyl (C=O) groups excluding carboxylic acids is 1. The Morgan fingerprint density at radius 1 is 1.57 bits per heavy atom. The summed E-state index contributed by atoms with van der Waals surface area (Å²) in [5, 5.41) is 18.8. The fourth-order valence-corrected chi connectivity index (χ4v) is 2.44. The van der Waals surface area contributed by atoms with E-state index in [0.29, 0.717) is 5.56 Å². The molecule has 1 atom stereocenters. The molecule has 1 amide bonds. The number of thiophene rings is 1. The van der Waals surface area contributed by atoms with Crippen molar-refractivity contribution < 1.29 is 23.1 Å². The van der Waals surface area contributed by atoms with Crippen molar-refractivity contribution in [2.75, 3.05) is 6.54 Å². The largest absolute Gasteiger partial charge is 0.435 e. The van der Waals surface area contributed by atoms with Gasteiger partial charge < -0.3 is 10.4 Å². The second kappa shape index (κ2) is 5.86. The van der Waals surface area contributed by atoms with Gasteiger partial charge in [-0.25, -0.2) is 0 Å². The number of hydrogen-bond acceptors (Lipinski definition) is 4. The predicted octanol–water partition coefficient (Wildman–Crippen LogP) is 1.96. The van der Waals surface area contributed by atoms with Crippen molar-refractivity contribution in [3.63, 3.8) is 0 Å². The Labute approximate surface area is 122 Å². The summed E-state index contributed by atoms with van der Waals surface area (Å²) >= 11 is 1.37. The Morgan fingerprint density at radius 3 is 2.86 bits per heavy atom. The molecule has 2 rings (SSSR count). The second-order valence-corrected chi connectivity index (χ2v) is 5.13. The van der Waals surface area contributed by atoms with Gasteiger partial charge in [0.2, 0.25) is 0 Å². The molecule has 0 saturated heterocycles. The summed E-state index contributed by atoms with van der Waals surface area (Å²) < 4.78 is 39.1. The molecule has 0 saturated carbocycles. The minimum atomic E-state index is -4.71. The average Bonchev–Trinajstić information content (AvgIpc) is 3.03. The number of nitrogens with zero attached hydrogens (tertiary/aromatic N) is 2. The summed E-state index contributed by atoms with van der Waals surface area (Å²) in [7, 11) is 1.30. The second-order valence-electron chi connectivity index (χ2n) is 4.35. The highest BCUT2D eigenvalue weighted by Crippen LogP contribution is 2.30.